The van der Waals surface area contributed by atoms with Crippen LogP contribution in [0.2, 0.25) is 0 Å². The minimum atomic E-state index is 0.773. The lowest BCUT2D eigenvalue weighted by molar-refractivity contribution is 1.16. The Bertz CT molecular complexity index is 620. The Morgan fingerprint density at radius 1 is 0.947 bits per heavy atom. The molecule has 2 aromatic carbocycles. The molecule has 2 rings (SSSR count). The molecule has 0 atom stereocenters. The van der Waals surface area contributed by atoms with E-state index in [2.05, 4.69) is 60.8 Å². The fraction of sp³-hybridized carbons (Fsp3) is 0.250. The monoisotopic (exact) mass is 318 g/mol. The number of aryl methyl sites for hydroxylation is 1. The molecule has 0 unspecified atom stereocenters. The zero-order valence-corrected chi connectivity index (χ0v) is 13.4. The van der Waals surface area contributed by atoms with E-state index in [9.17, 15) is 0 Å². The van der Waals surface area contributed by atoms with E-state index in [1.807, 2.05) is 18.2 Å². The van der Waals surface area contributed by atoms with Gasteiger partial charge in [0.05, 0.1) is 11.4 Å². The molecule has 0 radical (unpaired) electrons. The molecule has 0 fully saturated rings. The first-order valence-electron chi connectivity index (χ1n) is 6.27. The van der Waals surface area contributed by atoms with Crippen LogP contribution in [0.5, 0.6) is 0 Å². The molecule has 0 aromatic heterocycles. The summed E-state index contributed by atoms with van der Waals surface area (Å²) in [5.41, 5.74) is 13.0. The molecule has 0 saturated carbocycles. The van der Waals surface area contributed by atoms with Crippen LogP contribution in [0.4, 0.5) is 17.1 Å². The second kappa shape index (κ2) is 5.25. The van der Waals surface area contributed by atoms with Gasteiger partial charge >= 0.3 is 0 Å². The molecule has 0 amide bonds. The Balaban J connectivity index is 2.50. The Kier molecular flexibility index (Phi) is 3.85. The topological polar surface area (TPSA) is 29.3 Å². The van der Waals surface area contributed by atoms with Crippen molar-refractivity contribution in [1.29, 1.82) is 0 Å². The molecule has 0 aliphatic rings. The summed E-state index contributed by atoms with van der Waals surface area (Å²) in [6, 6.07) is 10.3. The maximum atomic E-state index is 6.11. The number of nitrogen functional groups attached to an aromatic ring is 1. The third-order valence-electron chi connectivity index (χ3n) is 3.74. The molecule has 0 saturated heterocycles. The number of rotatable bonds is 2. The first-order chi connectivity index (χ1) is 8.91. The largest absolute Gasteiger partial charge is 0.397 e. The quantitative estimate of drug-likeness (QED) is 0.811. The van der Waals surface area contributed by atoms with Gasteiger partial charge in [0.1, 0.15) is 0 Å². The molecule has 0 heterocycles. The lowest BCUT2D eigenvalue weighted by atomic mass is 10.0. The van der Waals surface area contributed by atoms with Crippen molar-refractivity contribution < 1.29 is 0 Å². The highest BCUT2D eigenvalue weighted by Gasteiger charge is 2.12. The summed E-state index contributed by atoms with van der Waals surface area (Å²) in [5, 5.41) is 0. The van der Waals surface area contributed by atoms with Gasteiger partial charge in [-0.05, 0) is 61.7 Å². The van der Waals surface area contributed by atoms with Crippen molar-refractivity contribution in [3.05, 3.63) is 51.5 Å². The summed E-state index contributed by atoms with van der Waals surface area (Å²) in [5.74, 6) is 0. The van der Waals surface area contributed by atoms with Crippen molar-refractivity contribution in [3.63, 3.8) is 0 Å². The zero-order chi connectivity index (χ0) is 14.2. The number of anilines is 3. The van der Waals surface area contributed by atoms with E-state index in [4.69, 9.17) is 5.73 Å². The lowest BCUT2D eigenvalue weighted by Gasteiger charge is -2.24. The predicted molar refractivity (Wildman–Crippen MR) is 87.3 cm³/mol. The number of hydrogen-bond acceptors (Lipinski definition) is 2. The van der Waals surface area contributed by atoms with Gasteiger partial charge in [0.15, 0.2) is 0 Å². The molecule has 2 N–H and O–H groups in total. The molecular weight excluding hydrogens is 300 g/mol. The van der Waals surface area contributed by atoms with Crippen molar-refractivity contribution in [2.24, 2.45) is 0 Å². The second-order valence-corrected chi connectivity index (χ2v) is 5.83. The van der Waals surface area contributed by atoms with Gasteiger partial charge in [-0.15, -0.1) is 0 Å². The molecule has 0 aliphatic carbocycles. The molecule has 0 spiro atoms. The van der Waals surface area contributed by atoms with E-state index >= 15 is 0 Å². The first-order valence-corrected chi connectivity index (χ1v) is 7.06. The van der Waals surface area contributed by atoms with Crippen LogP contribution in [-0.2, 0) is 0 Å². The summed E-state index contributed by atoms with van der Waals surface area (Å²) in [7, 11) is 2.05. The molecule has 3 heteroatoms. The normalized spacial score (nSPS) is 10.6. The van der Waals surface area contributed by atoms with Crippen LogP contribution in [-0.4, -0.2) is 7.05 Å². The molecular formula is C16H19BrN2. The average Bonchev–Trinajstić information content (AvgIpc) is 2.35. The number of nitrogens with zero attached hydrogens (tertiary/aromatic N) is 1. The van der Waals surface area contributed by atoms with Gasteiger partial charge in [0.2, 0.25) is 0 Å². The van der Waals surface area contributed by atoms with Gasteiger partial charge in [-0.3, -0.25) is 0 Å². The summed E-state index contributed by atoms with van der Waals surface area (Å²) >= 11 is 3.44. The van der Waals surface area contributed by atoms with Crippen LogP contribution >= 0.6 is 15.9 Å². The van der Waals surface area contributed by atoms with Gasteiger partial charge in [-0.1, -0.05) is 22.0 Å². The summed E-state index contributed by atoms with van der Waals surface area (Å²) in [6.45, 7) is 6.45. The summed E-state index contributed by atoms with van der Waals surface area (Å²) in [6.07, 6.45) is 0. The zero-order valence-electron chi connectivity index (χ0n) is 11.8. The molecule has 2 aromatic rings. The van der Waals surface area contributed by atoms with Crippen molar-refractivity contribution in [3.8, 4) is 0 Å². The van der Waals surface area contributed by atoms with Crippen LogP contribution in [0.3, 0.4) is 0 Å². The summed E-state index contributed by atoms with van der Waals surface area (Å²) < 4.78 is 0.999. The van der Waals surface area contributed by atoms with Crippen molar-refractivity contribution >= 4 is 33.0 Å². The third-order valence-corrected chi connectivity index (χ3v) is 4.23. The Labute approximate surface area is 123 Å². The molecule has 0 bridgehead atoms. The second-order valence-electron chi connectivity index (χ2n) is 4.91. The standard InChI is InChI=1S/C16H19BrN2/c1-10-5-7-15(12(3)11(10)2)19(4)16-8-6-13(17)9-14(16)18/h5-9H,18H2,1-4H3. The number of halogens is 1. The van der Waals surface area contributed by atoms with Crippen LogP contribution in [0.1, 0.15) is 16.7 Å². The molecule has 100 valence electrons. The van der Waals surface area contributed by atoms with E-state index in [-0.39, 0.29) is 0 Å². The third kappa shape index (κ3) is 2.61. The Morgan fingerprint density at radius 2 is 1.58 bits per heavy atom. The van der Waals surface area contributed by atoms with E-state index in [0.717, 1.165) is 15.8 Å². The highest BCUT2D eigenvalue weighted by molar-refractivity contribution is 9.10. The smallest absolute Gasteiger partial charge is 0.0642 e. The average molecular weight is 319 g/mol. The Morgan fingerprint density at radius 3 is 2.21 bits per heavy atom. The SMILES string of the molecule is Cc1ccc(N(C)c2ccc(Br)cc2N)c(C)c1C. The fourth-order valence-electron chi connectivity index (χ4n) is 2.27. The van der Waals surface area contributed by atoms with Crippen LogP contribution < -0.4 is 10.6 Å². The number of nitrogens with two attached hydrogens (primary N) is 1. The lowest BCUT2D eigenvalue weighted by Crippen LogP contribution is -2.13. The van der Waals surface area contributed by atoms with Crippen molar-refractivity contribution in [2.45, 2.75) is 20.8 Å². The minimum Gasteiger partial charge on any atom is -0.397 e. The highest BCUT2D eigenvalue weighted by atomic mass is 79.9. The maximum absolute atomic E-state index is 6.11. The van der Waals surface area contributed by atoms with E-state index in [1.165, 1.54) is 22.4 Å². The maximum Gasteiger partial charge on any atom is 0.0642 e. The van der Waals surface area contributed by atoms with Crippen LogP contribution in [0, 0.1) is 20.8 Å². The van der Waals surface area contributed by atoms with Gasteiger partial charge in [-0.25, -0.2) is 0 Å². The van der Waals surface area contributed by atoms with E-state index < -0.39 is 0 Å². The van der Waals surface area contributed by atoms with Crippen LogP contribution in [0.15, 0.2) is 34.8 Å². The van der Waals surface area contributed by atoms with E-state index in [1.54, 1.807) is 0 Å². The van der Waals surface area contributed by atoms with Crippen LogP contribution in [0.25, 0.3) is 0 Å². The van der Waals surface area contributed by atoms with Gasteiger partial charge in [-0.2, -0.15) is 0 Å². The molecule has 2 nitrogen and oxygen atoms in total. The predicted octanol–water partition coefficient (Wildman–Crippen LogP) is 4.72. The van der Waals surface area contributed by atoms with Crippen molar-refractivity contribution in [1.82, 2.24) is 0 Å². The minimum absolute atomic E-state index is 0.773. The van der Waals surface area contributed by atoms with Crippen molar-refractivity contribution in [2.75, 3.05) is 17.7 Å². The van der Waals surface area contributed by atoms with Gasteiger partial charge < -0.3 is 10.6 Å². The first kappa shape index (κ1) is 13.9. The number of benzene rings is 2. The van der Waals surface area contributed by atoms with E-state index in [0.29, 0.717) is 0 Å². The number of hydrogen-bond donors (Lipinski definition) is 1. The molecule has 0 aliphatic heterocycles. The van der Waals surface area contributed by atoms with Gasteiger partial charge in [0, 0.05) is 17.2 Å². The fourth-order valence-corrected chi connectivity index (χ4v) is 2.64. The van der Waals surface area contributed by atoms with Gasteiger partial charge in [0.25, 0.3) is 0 Å². The molecule has 19 heavy (non-hydrogen) atoms. The Hall–Kier alpha value is -1.48. The highest BCUT2D eigenvalue weighted by Crippen LogP contribution is 2.34. The summed E-state index contributed by atoms with van der Waals surface area (Å²) in [4.78, 5) is 2.14.